The highest BCUT2D eigenvalue weighted by Crippen LogP contribution is 2.26. The van der Waals surface area contributed by atoms with Crippen molar-refractivity contribution in [3.63, 3.8) is 0 Å². The van der Waals surface area contributed by atoms with Gasteiger partial charge in [0.05, 0.1) is 6.54 Å². The molecule has 2 aromatic heterocycles. The number of thiophene rings is 1. The Bertz CT molecular complexity index is 742. The topological polar surface area (TPSA) is 27.2 Å². The van der Waals surface area contributed by atoms with Gasteiger partial charge in [0.2, 0.25) is 4.77 Å². The summed E-state index contributed by atoms with van der Waals surface area (Å²) < 4.78 is 5.31. The summed E-state index contributed by atoms with van der Waals surface area (Å²) in [5, 5.41) is 7.12. The lowest BCUT2D eigenvalue weighted by Gasteiger charge is -2.31. The van der Waals surface area contributed by atoms with Crippen LogP contribution in [0.4, 0.5) is 0 Å². The molecule has 0 radical (unpaired) electrons. The van der Waals surface area contributed by atoms with Crippen LogP contribution in [0.25, 0.3) is 0 Å². The Hall–Kier alpha value is -0.980. The Morgan fingerprint density at radius 2 is 2.26 bits per heavy atom. The highest BCUT2D eigenvalue weighted by molar-refractivity contribution is 7.71. The molecule has 6 heteroatoms. The number of nitrogens with one attached hydrogen (secondary N) is 1. The van der Waals surface area contributed by atoms with Crippen LogP contribution < -0.4 is 4.90 Å². The molecule has 0 saturated carbocycles. The highest BCUT2D eigenvalue weighted by Gasteiger charge is 2.31. The summed E-state index contributed by atoms with van der Waals surface area (Å²) >= 11 is 7.65. The number of nitrogens with zero attached hydrogens (tertiary/aromatic N) is 3. The van der Waals surface area contributed by atoms with Gasteiger partial charge in [-0.2, -0.15) is 9.78 Å². The summed E-state index contributed by atoms with van der Waals surface area (Å²) in [7, 11) is 0. The Morgan fingerprint density at radius 3 is 3.13 bits per heavy atom. The third kappa shape index (κ3) is 2.81. The average Bonchev–Trinajstić information content (AvgIpc) is 3.06. The normalized spacial score (nSPS) is 24.0. The second kappa shape index (κ2) is 6.49. The summed E-state index contributed by atoms with van der Waals surface area (Å²) in [5.41, 5.74) is 1.56. The number of aryl methyl sites for hydroxylation is 1. The fourth-order valence-electron chi connectivity index (χ4n) is 4.15. The number of quaternary nitrogens is 1. The maximum absolute atomic E-state index is 5.73. The van der Waals surface area contributed by atoms with Gasteiger partial charge >= 0.3 is 0 Å². The van der Waals surface area contributed by atoms with E-state index in [-0.39, 0.29) is 0 Å². The van der Waals surface area contributed by atoms with Gasteiger partial charge in [-0.1, -0.05) is 13.3 Å². The van der Waals surface area contributed by atoms with Crippen molar-refractivity contribution in [2.24, 2.45) is 0 Å². The zero-order chi connectivity index (χ0) is 15.8. The van der Waals surface area contributed by atoms with Gasteiger partial charge in [0, 0.05) is 36.2 Å². The first kappa shape index (κ1) is 15.5. The molecule has 0 aromatic carbocycles. The molecule has 1 unspecified atom stereocenters. The van der Waals surface area contributed by atoms with Crippen LogP contribution >= 0.6 is 23.6 Å². The Balaban J connectivity index is 1.60. The average molecular weight is 350 g/mol. The van der Waals surface area contributed by atoms with E-state index in [0.29, 0.717) is 6.04 Å². The lowest BCUT2D eigenvalue weighted by atomic mass is 9.98. The van der Waals surface area contributed by atoms with Gasteiger partial charge in [0.25, 0.3) is 0 Å². The largest absolute Gasteiger partial charge is 0.310 e. The standard InChI is InChI=1S/C17H24N4S2/c1-2-14-13-8-11-23-15(13)7-10-19(14)12-21-17(22)20-9-5-3-4-6-16(20)18-21/h8,11,14H,2-7,9-10,12H2,1H3/p+1/t14-/m1/s1. The molecule has 4 nitrogen and oxygen atoms in total. The van der Waals surface area contributed by atoms with E-state index >= 15 is 0 Å². The predicted octanol–water partition coefficient (Wildman–Crippen LogP) is 2.75. The van der Waals surface area contributed by atoms with Crippen molar-refractivity contribution in [1.82, 2.24) is 14.3 Å². The molecule has 1 N–H and O–H groups in total. The maximum atomic E-state index is 5.73. The summed E-state index contributed by atoms with van der Waals surface area (Å²) in [6, 6.07) is 2.92. The van der Waals surface area contributed by atoms with Crippen molar-refractivity contribution in [2.75, 3.05) is 6.54 Å². The first-order valence-electron chi connectivity index (χ1n) is 8.85. The van der Waals surface area contributed by atoms with E-state index < -0.39 is 0 Å². The molecular formula is C17H25N4S2+. The van der Waals surface area contributed by atoms with E-state index in [1.807, 2.05) is 11.3 Å². The van der Waals surface area contributed by atoms with Gasteiger partial charge in [-0.15, -0.1) is 11.3 Å². The van der Waals surface area contributed by atoms with Gasteiger partial charge in [-0.3, -0.25) is 0 Å². The molecule has 4 heterocycles. The smallest absolute Gasteiger partial charge is 0.202 e. The zero-order valence-corrected chi connectivity index (χ0v) is 15.4. The monoisotopic (exact) mass is 349 g/mol. The predicted molar refractivity (Wildman–Crippen MR) is 95.5 cm³/mol. The number of hydrogen-bond donors (Lipinski definition) is 1. The van der Waals surface area contributed by atoms with Crippen molar-refractivity contribution >= 4 is 23.6 Å². The van der Waals surface area contributed by atoms with Crippen LogP contribution in [0, 0.1) is 4.77 Å². The Morgan fingerprint density at radius 1 is 1.35 bits per heavy atom. The Kier molecular flexibility index (Phi) is 4.39. The number of hydrogen-bond acceptors (Lipinski definition) is 3. The molecule has 0 bridgehead atoms. The third-order valence-electron chi connectivity index (χ3n) is 5.36. The van der Waals surface area contributed by atoms with Crippen molar-refractivity contribution in [2.45, 2.75) is 64.7 Å². The molecule has 0 aliphatic carbocycles. The van der Waals surface area contributed by atoms with Gasteiger partial charge < -0.3 is 9.47 Å². The van der Waals surface area contributed by atoms with Crippen LogP contribution in [0.1, 0.15) is 54.9 Å². The SMILES string of the molecule is CC[C@@H]1c2ccsc2CC[NH+]1Cn1nc2n(c1=S)CCCCC2. The summed E-state index contributed by atoms with van der Waals surface area (Å²) in [4.78, 5) is 3.20. The summed E-state index contributed by atoms with van der Waals surface area (Å²) in [5.74, 6) is 1.20. The van der Waals surface area contributed by atoms with Gasteiger partial charge in [0.15, 0.2) is 6.67 Å². The summed E-state index contributed by atoms with van der Waals surface area (Å²) in [6.45, 7) is 5.46. The molecule has 2 aromatic rings. The van der Waals surface area contributed by atoms with Gasteiger partial charge in [-0.25, -0.2) is 0 Å². The minimum Gasteiger partial charge on any atom is -0.310 e. The van der Waals surface area contributed by atoms with Crippen LogP contribution in [0.15, 0.2) is 11.4 Å². The van der Waals surface area contributed by atoms with Crippen molar-refractivity contribution < 1.29 is 4.90 Å². The molecule has 0 amide bonds. The molecule has 0 saturated heterocycles. The molecule has 2 aliphatic rings. The molecule has 2 atom stereocenters. The Labute approximate surface area is 146 Å². The third-order valence-corrected chi connectivity index (χ3v) is 6.79. The van der Waals surface area contributed by atoms with E-state index in [2.05, 4.69) is 27.6 Å². The minimum absolute atomic E-state index is 0.591. The first-order chi connectivity index (χ1) is 11.3. The molecule has 124 valence electrons. The van der Waals surface area contributed by atoms with E-state index in [4.69, 9.17) is 17.3 Å². The fraction of sp³-hybridized carbons (Fsp3) is 0.647. The van der Waals surface area contributed by atoms with E-state index in [0.717, 1.165) is 24.4 Å². The molecule has 0 fully saturated rings. The quantitative estimate of drug-likeness (QED) is 0.863. The second-order valence-electron chi connectivity index (χ2n) is 6.74. The lowest BCUT2D eigenvalue weighted by Crippen LogP contribution is -3.12. The molecule has 2 aliphatic heterocycles. The van der Waals surface area contributed by atoms with E-state index in [1.54, 1.807) is 15.3 Å². The molecule has 23 heavy (non-hydrogen) atoms. The number of rotatable bonds is 3. The van der Waals surface area contributed by atoms with Gasteiger partial charge in [0.1, 0.15) is 11.9 Å². The van der Waals surface area contributed by atoms with E-state index in [9.17, 15) is 0 Å². The molecule has 0 spiro atoms. The lowest BCUT2D eigenvalue weighted by molar-refractivity contribution is -0.956. The van der Waals surface area contributed by atoms with Crippen molar-refractivity contribution in [3.8, 4) is 0 Å². The van der Waals surface area contributed by atoms with Crippen molar-refractivity contribution in [1.29, 1.82) is 0 Å². The second-order valence-corrected chi connectivity index (χ2v) is 8.10. The van der Waals surface area contributed by atoms with Crippen molar-refractivity contribution in [3.05, 3.63) is 32.5 Å². The highest BCUT2D eigenvalue weighted by atomic mass is 32.1. The zero-order valence-electron chi connectivity index (χ0n) is 13.8. The first-order valence-corrected chi connectivity index (χ1v) is 10.1. The fourth-order valence-corrected chi connectivity index (χ4v) is 5.40. The number of aromatic nitrogens is 3. The number of fused-ring (bicyclic) bond motifs is 2. The van der Waals surface area contributed by atoms with E-state index in [1.165, 1.54) is 44.5 Å². The van der Waals surface area contributed by atoms with Crippen LogP contribution in [-0.4, -0.2) is 20.9 Å². The maximum Gasteiger partial charge on any atom is 0.202 e. The molecule has 4 rings (SSSR count). The molecular weight excluding hydrogens is 324 g/mol. The van der Waals surface area contributed by atoms with Gasteiger partial charge in [-0.05, 0) is 36.5 Å². The summed E-state index contributed by atoms with van der Waals surface area (Å²) in [6.07, 6.45) is 7.24. The van der Waals surface area contributed by atoms with Crippen LogP contribution in [0.5, 0.6) is 0 Å². The van der Waals surface area contributed by atoms with Crippen LogP contribution in [-0.2, 0) is 26.1 Å². The van der Waals surface area contributed by atoms with Crippen LogP contribution in [0.2, 0.25) is 0 Å². The van der Waals surface area contributed by atoms with Crippen LogP contribution in [0.3, 0.4) is 0 Å². The minimum atomic E-state index is 0.591.